The molecule has 0 radical (unpaired) electrons. The van der Waals surface area contributed by atoms with Crippen LogP contribution in [0.2, 0.25) is 0 Å². The van der Waals surface area contributed by atoms with E-state index in [0.29, 0.717) is 16.5 Å². The number of benzene rings is 2. The maximum atomic E-state index is 12.4. The van der Waals surface area contributed by atoms with Crippen LogP contribution in [0.4, 0.5) is 0 Å². The first kappa shape index (κ1) is 17.7. The Morgan fingerprint density at radius 3 is 2.50 bits per heavy atom. The van der Waals surface area contributed by atoms with Crippen molar-refractivity contribution >= 4 is 34.1 Å². The van der Waals surface area contributed by atoms with E-state index in [4.69, 9.17) is 10.2 Å². The molecule has 4 rings (SSSR count). The van der Waals surface area contributed by atoms with Gasteiger partial charge in [-0.3, -0.25) is 9.59 Å². The molecule has 0 atom stereocenters. The van der Waals surface area contributed by atoms with Gasteiger partial charge in [-0.25, -0.2) is 5.43 Å². The highest BCUT2D eigenvalue weighted by atomic mass is 32.1. The Kier molecular flexibility index (Phi) is 4.74. The molecule has 7 heteroatoms. The molecule has 0 fully saturated rings. The van der Waals surface area contributed by atoms with Crippen LogP contribution < -0.4 is 16.7 Å². The summed E-state index contributed by atoms with van der Waals surface area (Å²) in [6.45, 7) is 0. The summed E-state index contributed by atoms with van der Waals surface area (Å²) >= 11 is 1.61. The van der Waals surface area contributed by atoms with Gasteiger partial charge in [0, 0.05) is 10.9 Å². The van der Waals surface area contributed by atoms with Gasteiger partial charge in [-0.2, -0.15) is 11.3 Å². The van der Waals surface area contributed by atoms with E-state index in [-0.39, 0.29) is 11.1 Å². The van der Waals surface area contributed by atoms with E-state index in [1.807, 2.05) is 35.0 Å². The molecule has 2 amide bonds. The maximum absolute atomic E-state index is 12.4. The third-order valence-corrected chi connectivity index (χ3v) is 4.87. The number of carbonyl (C=O) groups excluding carboxylic acids is 2. The fourth-order valence-corrected chi connectivity index (χ4v) is 3.40. The molecular weight excluding hydrogens is 374 g/mol. The van der Waals surface area contributed by atoms with Gasteiger partial charge in [0.25, 0.3) is 11.8 Å². The Balaban J connectivity index is 1.62. The predicted octanol–water partition coefficient (Wildman–Crippen LogP) is 3.51. The first-order valence-corrected chi connectivity index (χ1v) is 9.35. The number of hydrogen-bond acceptors (Lipinski definition) is 5. The highest BCUT2D eigenvalue weighted by Gasteiger charge is 2.10. The molecular formula is C21H15N3O3S. The number of nitrogens with one attached hydrogen (secondary N) is 1. The fraction of sp³-hybridized carbons (Fsp3) is 0. The van der Waals surface area contributed by atoms with Gasteiger partial charge < -0.3 is 10.2 Å². The Labute approximate surface area is 163 Å². The molecule has 0 aliphatic rings. The normalized spacial score (nSPS) is 11.5. The average molecular weight is 389 g/mol. The van der Waals surface area contributed by atoms with E-state index < -0.39 is 11.8 Å². The second-order valence-corrected chi connectivity index (χ2v) is 6.79. The van der Waals surface area contributed by atoms with Crippen LogP contribution in [0.3, 0.4) is 0 Å². The molecule has 3 N–H and O–H groups in total. The smallest absolute Gasteiger partial charge is 0.271 e. The number of para-hydroxylation sites is 1. The molecule has 0 spiro atoms. The van der Waals surface area contributed by atoms with E-state index in [0.717, 1.165) is 11.1 Å². The van der Waals surface area contributed by atoms with E-state index in [9.17, 15) is 9.59 Å². The molecule has 28 heavy (non-hydrogen) atoms. The summed E-state index contributed by atoms with van der Waals surface area (Å²) in [6, 6.07) is 17.9. The molecule has 0 saturated heterocycles. The lowest BCUT2D eigenvalue weighted by Gasteiger charge is -2.03. The van der Waals surface area contributed by atoms with E-state index >= 15 is 0 Å². The number of primary amides is 1. The number of nitrogens with zero attached hydrogens (tertiary/aromatic N) is 1. The molecule has 138 valence electrons. The Hall–Kier alpha value is -3.71. The van der Waals surface area contributed by atoms with Crippen LogP contribution in [-0.2, 0) is 0 Å². The van der Waals surface area contributed by atoms with Crippen LogP contribution in [-0.4, -0.2) is 11.8 Å². The maximum Gasteiger partial charge on any atom is 0.271 e. The van der Waals surface area contributed by atoms with Crippen molar-refractivity contribution in [2.75, 3.05) is 0 Å². The third kappa shape index (κ3) is 3.56. The molecule has 0 aliphatic heterocycles. The Morgan fingerprint density at radius 1 is 1.00 bits per heavy atom. The van der Waals surface area contributed by atoms with Crippen molar-refractivity contribution in [2.24, 2.45) is 10.8 Å². The number of hydrogen-bond donors (Lipinski definition) is 2. The van der Waals surface area contributed by atoms with Crippen LogP contribution in [0.1, 0.15) is 20.7 Å². The zero-order valence-corrected chi connectivity index (χ0v) is 15.4. The van der Waals surface area contributed by atoms with E-state index in [1.54, 1.807) is 47.7 Å². The molecule has 6 nitrogen and oxygen atoms in total. The molecule has 2 heterocycles. The zero-order chi connectivity index (χ0) is 19.5. The van der Waals surface area contributed by atoms with E-state index in [2.05, 4.69) is 10.5 Å². The Bertz CT molecular complexity index is 1230. The van der Waals surface area contributed by atoms with Crippen molar-refractivity contribution in [3.05, 3.63) is 88.1 Å². The average Bonchev–Trinajstić information content (AvgIpc) is 3.26. The van der Waals surface area contributed by atoms with Gasteiger partial charge >= 0.3 is 0 Å². The van der Waals surface area contributed by atoms with Crippen molar-refractivity contribution < 1.29 is 14.0 Å². The van der Waals surface area contributed by atoms with Gasteiger partial charge in [0.15, 0.2) is 0 Å². The highest BCUT2D eigenvalue weighted by molar-refractivity contribution is 7.08. The lowest BCUT2D eigenvalue weighted by Crippen LogP contribution is -2.27. The second-order valence-electron chi connectivity index (χ2n) is 6.01. The monoisotopic (exact) mass is 389 g/mol. The molecule has 0 saturated carbocycles. The number of nitrogens with two attached hydrogens (primary N) is 1. The van der Waals surface area contributed by atoms with Gasteiger partial charge in [-0.15, -0.1) is 5.10 Å². The molecule has 0 bridgehead atoms. The van der Waals surface area contributed by atoms with Gasteiger partial charge in [0.2, 0.25) is 5.55 Å². The number of amides is 2. The number of fused-ring (bicyclic) bond motifs is 1. The summed E-state index contributed by atoms with van der Waals surface area (Å²) in [5.41, 5.74) is 11.0. The molecule has 4 aromatic rings. The second kappa shape index (κ2) is 7.50. The summed E-state index contributed by atoms with van der Waals surface area (Å²) in [5.74, 6) is -1.11. The summed E-state index contributed by atoms with van der Waals surface area (Å²) in [7, 11) is 0. The van der Waals surface area contributed by atoms with Crippen molar-refractivity contribution in [2.45, 2.75) is 0 Å². The largest absolute Gasteiger partial charge is 0.436 e. The van der Waals surface area contributed by atoms with Crippen molar-refractivity contribution in [3.8, 4) is 11.1 Å². The molecule has 2 aromatic heterocycles. The third-order valence-electron chi connectivity index (χ3n) is 4.18. The van der Waals surface area contributed by atoms with Gasteiger partial charge in [-0.1, -0.05) is 30.3 Å². The van der Waals surface area contributed by atoms with Crippen molar-refractivity contribution in [1.82, 2.24) is 5.43 Å². The van der Waals surface area contributed by atoms with Gasteiger partial charge in [0.05, 0.1) is 0 Å². The first-order valence-electron chi connectivity index (χ1n) is 8.41. The van der Waals surface area contributed by atoms with E-state index in [1.165, 1.54) is 0 Å². The number of rotatable bonds is 4. The zero-order valence-electron chi connectivity index (χ0n) is 14.6. The summed E-state index contributed by atoms with van der Waals surface area (Å²) in [4.78, 5) is 24.1. The molecule has 0 aliphatic carbocycles. The number of thiophene rings is 1. The van der Waals surface area contributed by atoms with Crippen LogP contribution in [0.5, 0.6) is 0 Å². The minimum atomic E-state index is -0.692. The van der Waals surface area contributed by atoms with Crippen LogP contribution in [0, 0.1) is 0 Å². The molecule has 2 aromatic carbocycles. The minimum Gasteiger partial charge on any atom is -0.436 e. The summed E-state index contributed by atoms with van der Waals surface area (Å²) in [5, 5.41) is 8.71. The van der Waals surface area contributed by atoms with Crippen LogP contribution in [0.25, 0.3) is 22.1 Å². The Morgan fingerprint density at radius 2 is 1.79 bits per heavy atom. The SMILES string of the molecule is NC(=O)c1cc2ccccc2oc1=NNC(=O)c1ccc(-c2ccsc2)cc1. The topological polar surface area (TPSA) is 97.7 Å². The summed E-state index contributed by atoms with van der Waals surface area (Å²) in [6.07, 6.45) is 0. The van der Waals surface area contributed by atoms with Crippen molar-refractivity contribution in [3.63, 3.8) is 0 Å². The highest BCUT2D eigenvalue weighted by Crippen LogP contribution is 2.22. The fourth-order valence-electron chi connectivity index (χ4n) is 2.74. The van der Waals surface area contributed by atoms with Crippen LogP contribution in [0.15, 0.2) is 80.9 Å². The van der Waals surface area contributed by atoms with Crippen molar-refractivity contribution in [1.29, 1.82) is 0 Å². The standard InChI is InChI=1S/C21H15N3O3S/c22-19(25)17-11-15-3-1-2-4-18(15)27-21(17)24-23-20(26)14-7-5-13(6-8-14)16-9-10-28-12-16/h1-12H,(H2,22,25)(H,23,26). The van der Waals surface area contributed by atoms with Crippen LogP contribution >= 0.6 is 11.3 Å². The lowest BCUT2D eigenvalue weighted by atomic mass is 10.1. The minimum absolute atomic E-state index is 0.0468. The number of carbonyl (C=O) groups is 2. The molecule has 0 unspecified atom stereocenters. The van der Waals surface area contributed by atoms with Gasteiger partial charge in [0.1, 0.15) is 11.1 Å². The summed E-state index contributed by atoms with van der Waals surface area (Å²) < 4.78 is 5.63. The quantitative estimate of drug-likeness (QED) is 0.523. The first-order chi connectivity index (χ1) is 13.6. The lowest BCUT2D eigenvalue weighted by molar-refractivity contribution is 0.0946. The van der Waals surface area contributed by atoms with Gasteiger partial charge in [-0.05, 0) is 52.2 Å². The predicted molar refractivity (Wildman–Crippen MR) is 108 cm³/mol.